The number of nitrogens with zero attached hydrogens (tertiary/aromatic N) is 3. The Morgan fingerprint density at radius 3 is 2.83 bits per heavy atom. The highest BCUT2D eigenvalue weighted by molar-refractivity contribution is 7.18. The zero-order valence-electron chi connectivity index (χ0n) is 9.29. The summed E-state index contributed by atoms with van der Waals surface area (Å²) in [5, 5.41) is 13.4. The van der Waals surface area contributed by atoms with Gasteiger partial charge in [0, 0.05) is 17.0 Å². The van der Waals surface area contributed by atoms with E-state index in [1.54, 1.807) is 17.5 Å². The van der Waals surface area contributed by atoms with Gasteiger partial charge < -0.3 is 0 Å². The molecule has 3 heterocycles. The topological polar surface area (TPSA) is 41.1 Å². The van der Waals surface area contributed by atoms with Crippen LogP contribution in [0.3, 0.4) is 0 Å². The van der Waals surface area contributed by atoms with E-state index in [4.69, 9.17) is 5.26 Å². The van der Waals surface area contributed by atoms with Crippen molar-refractivity contribution in [2.45, 2.75) is 0 Å². The van der Waals surface area contributed by atoms with Gasteiger partial charge in [0.15, 0.2) is 5.69 Å². The minimum atomic E-state index is 0.457. The van der Waals surface area contributed by atoms with E-state index in [1.807, 2.05) is 16.5 Å². The number of imidazole rings is 1. The van der Waals surface area contributed by atoms with Gasteiger partial charge in [-0.3, -0.25) is 4.40 Å². The van der Waals surface area contributed by atoms with Crippen LogP contribution in [0.4, 0.5) is 0 Å². The Balaban J connectivity index is 2.42. The summed E-state index contributed by atoms with van der Waals surface area (Å²) < 4.78 is 3.24. The maximum atomic E-state index is 9.01. The molecule has 0 bridgehead atoms. The van der Waals surface area contributed by atoms with Crippen LogP contribution < -0.4 is 0 Å². The normalized spacial score (nSPS) is 11.3. The van der Waals surface area contributed by atoms with E-state index in [9.17, 15) is 0 Å². The molecular weight excluding hydrogens is 242 g/mol. The number of rotatable bonds is 0. The van der Waals surface area contributed by atoms with Crippen molar-refractivity contribution in [2.24, 2.45) is 0 Å². The molecule has 84 valence electrons. The van der Waals surface area contributed by atoms with Crippen molar-refractivity contribution in [1.82, 2.24) is 9.38 Å². The number of benzene rings is 1. The second-order valence-corrected chi connectivity index (χ2v) is 5.03. The fourth-order valence-corrected chi connectivity index (χ4v) is 3.30. The Morgan fingerprint density at radius 1 is 1.17 bits per heavy atom. The molecule has 1 aromatic carbocycles. The summed E-state index contributed by atoms with van der Waals surface area (Å²) in [7, 11) is 0. The van der Waals surface area contributed by atoms with Gasteiger partial charge in [-0.1, -0.05) is 24.3 Å². The van der Waals surface area contributed by atoms with Crippen molar-refractivity contribution in [3.8, 4) is 6.07 Å². The highest BCUT2D eigenvalue weighted by Gasteiger charge is 2.11. The van der Waals surface area contributed by atoms with Crippen LogP contribution in [0.1, 0.15) is 5.69 Å². The first kappa shape index (κ1) is 9.63. The van der Waals surface area contributed by atoms with Crippen LogP contribution in [0.25, 0.3) is 26.6 Å². The van der Waals surface area contributed by atoms with Crippen LogP contribution in [-0.4, -0.2) is 9.38 Å². The molecule has 0 fully saturated rings. The largest absolute Gasteiger partial charge is 0.297 e. The molecule has 0 saturated heterocycles. The second kappa shape index (κ2) is 3.31. The fraction of sp³-hybridized carbons (Fsp3) is 0. The molecule has 0 spiro atoms. The monoisotopic (exact) mass is 249 g/mol. The molecular formula is C14H7N3S. The summed E-state index contributed by atoms with van der Waals surface area (Å²) in [6, 6.07) is 12.4. The van der Waals surface area contributed by atoms with E-state index in [0.29, 0.717) is 5.69 Å². The molecule has 3 nitrogen and oxygen atoms in total. The quantitative estimate of drug-likeness (QED) is 0.478. The van der Waals surface area contributed by atoms with Crippen LogP contribution in [0.15, 0.2) is 41.9 Å². The molecule has 0 unspecified atom stereocenters. The Bertz CT molecular complexity index is 940. The van der Waals surface area contributed by atoms with Gasteiger partial charge in [-0.25, -0.2) is 4.98 Å². The SMILES string of the molecule is N#Cc1cn2c3ccsc3c3ccccc3c2n1. The molecule has 0 amide bonds. The smallest absolute Gasteiger partial charge is 0.159 e. The zero-order valence-corrected chi connectivity index (χ0v) is 10.1. The number of thiophene rings is 1. The lowest BCUT2D eigenvalue weighted by Gasteiger charge is -2.03. The van der Waals surface area contributed by atoms with Crippen molar-refractivity contribution in [3.63, 3.8) is 0 Å². The Kier molecular flexibility index (Phi) is 1.77. The molecule has 0 aliphatic heterocycles. The van der Waals surface area contributed by atoms with Crippen LogP contribution in [0.5, 0.6) is 0 Å². The third kappa shape index (κ3) is 1.09. The van der Waals surface area contributed by atoms with E-state index >= 15 is 0 Å². The molecule has 0 aliphatic carbocycles. The zero-order chi connectivity index (χ0) is 12.1. The van der Waals surface area contributed by atoms with Crippen LogP contribution in [-0.2, 0) is 0 Å². The second-order valence-electron chi connectivity index (χ2n) is 4.11. The molecule has 0 atom stereocenters. The predicted octanol–water partition coefficient (Wildman–Crippen LogP) is 3.57. The molecule has 4 rings (SSSR count). The summed E-state index contributed by atoms with van der Waals surface area (Å²) in [5.74, 6) is 0. The van der Waals surface area contributed by atoms with Crippen molar-refractivity contribution in [1.29, 1.82) is 5.26 Å². The number of hydrogen-bond acceptors (Lipinski definition) is 3. The van der Waals surface area contributed by atoms with Gasteiger partial charge in [0.25, 0.3) is 0 Å². The highest BCUT2D eigenvalue weighted by Crippen LogP contribution is 2.32. The summed E-state index contributed by atoms with van der Waals surface area (Å²) in [5.41, 5.74) is 2.43. The first-order valence-electron chi connectivity index (χ1n) is 5.55. The minimum Gasteiger partial charge on any atom is -0.297 e. The summed E-state index contributed by atoms with van der Waals surface area (Å²) in [4.78, 5) is 4.40. The van der Waals surface area contributed by atoms with Crippen LogP contribution in [0, 0.1) is 11.3 Å². The van der Waals surface area contributed by atoms with Gasteiger partial charge in [-0.15, -0.1) is 11.3 Å². The lowest BCUT2D eigenvalue weighted by Crippen LogP contribution is -1.86. The minimum absolute atomic E-state index is 0.457. The van der Waals surface area contributed by atoms with Gasteiger partial charge in [0.05, 0.1) is 10.2 Å². The average molecular weight is 249 g/mol. The number of hydrogen-bond donors (Lipinski definition) is 0. The van der Waals surface area contributed by atoms with Crippen molar-refractivity contribution in [3.05, 3.63) is 47.6 Å². The number of pyridine rings is 1. The van der Waals surface area contributed by atoms with Crippen LogP contribution in [0.2, 0.25) is 0 Å². The Hall–Kier alpha value is -2.38. The van der Waals surface area contributed by atoms with Crippen LogP contribution >= 0.6 is 11.3 Å². The van der Waals surface area contributed by atoms with Crippen molar-refractivity contribution >= 4 is 38.0 Å². The van der Waals surface area contributed by atoms with Gasteiger partial charge in [-0.05, 0) is 11.4 Å². The molecule has 3 aromatic heterocycles. The molecule has 4 heteroatoms. The van der Waals surface area contributed by atoms with E-state index < -0.39 is 0 Å². The van der Waals surface area contributed by atoms with Gasteiger partial charge in [-0.2, -0.15) is 5.26 Å². The maximum Gasteiger partial charge on any atom is 0.159 e. The maximum absolute atomic E-state index is 9.01. The predicted molar refractivity (Wildman–Crippen MR) is 72.8 cm³/mol. The van der Waals surface area contributed by atoms with Crippen molar-refractivity contribution < 1.29 is 0 Å². The van der Waals surface area contributed by atoms with Gasteiger partial charge in [0.2, 0.25) is 0 Å². The summed E-state index contributed by atoms with van der Waals surface area (Å²) in [6.07, 6.45) is 1.80. The molecule has 18 heavy (non-hydrogen) atoms. The Morgan fingerprint density at radius 2 is 2.00 bits per heavy atom. The summed E-state index contributed by atoms with van der Waals surface area (Å²) >= 11 is 1.72. The molecule has 0 radical (unpaired) electrons. The molecule has 4 aromatic rings. The third-order valence-electron chi connectivity index (χ3n) is 3.14. The molecule has 0 saturated carbocycles. The molecule has 0 N–H and O–H groups in total. The standard InChI is InChI=1S/C14H7N3S/c15-7-9-8-17-12-5-6-18-13(12)10-3-1-2-4-11(10)14(17)16-9/h1-6,8H. The van der Waals surface area contributed by atoms with Gasteiger partial charge >= 0.3 is 0 Å². The first-order valence-corrected chi connectivity index (χ1v) is 6.43. The number of fused-ring (bicyclic) bond motifs is 6. The van der Waals surface area contributed by atoms with E-state index in [1.165, 1.54) is 10.1 Å². The number of aromatic nitrogens is 2. The van der Waals surface area contributed by atoms with E-state index in [0.717, 1.165) is 16.6 Å². The van der Waals surface area contributed by atoms with Gasteiger partial charge in [0.1, 0.15) is 11.7 Å². The lowest BCUT2D eigenvalue weighted by atomic mass is 10.1. The fourth-order valence-electron chi connectivity index (χ4n) is 2.38. The summed E-state index contributed by atoms with van der Waals surface area (Å²) in [6.45, 7) is 0. The first-order chi connectivity index (χ1) is 8.88. The average Bonchev–Trinajstić information content (AvgIpc) is 3.05. The lowest BCUT2D eigenvalue weighted by molar-refractivity contribution is 1.28. The Labute approximate surface area is 107 Å². The highest BCUT2D eigenvalue weighted by atomic mass is 32.1. The van der Waals surface area contributed by atoms with E-state index in [2.05, 4.69) is 34.6 Å². The van der Waals surface area contributed by atoms with Crippen molar-refractivity contribution in [2.75, 3.05) is 0 Å². The third-order valence-corrected chi connectivity index (χ3v) is 4.07. The molecule has 0 aliphatic rings. The van der Waals surface area contributed by atoms with E-state index in [-0.39, 0.29) is 0 Å². The number of nitriles is 1.